The van der Waals surface area contributed by atoms with E-state index in [1.165, 1.54) is 42.6 Å². The van der Waals surface area contributed by atoms with Crippen LogP contribution in [0.2, 0.25) is 0 Å². The quantitative estimate of drug-likeness (QED) is 0.285. The van der Waals surface area contributed by atoms with Crippen LogP contribution in [0.1, 0.15) is 50.1 Å². The number of methoxy groups -OCH3 is 2. The zero-order valence-electron chi connectivity index (χ0n) is 21.9. The van der Waals surface area contributed by atoms with E-state index in [0.29, 0.717) is 11.3 Å². The van der Waals surface area contributed by atoms with Crippen LogP contribution in [0.3, 0.4) is 0 Å². The Labute approximate surface area is 219 Å². The minimum atomic E-state index is 0.0189. The lowest BCUT2D eigenvalue weighted by Crippen LogP contribution is -2.23. The molecular formula is C28H38N4O3S. The van der Waals surface area contributed by atoms with Gasteiger partial charge < -0.3 is 19.5 Å². The maximum Gasteiger partial charge on any atom is 0.148 e. The van der Waals surface area contributed by atoms with Crippen LogP contribution in [0.25, 0.3) is 16.1 Å². The number of hydrogen-bond donors (Lipinski definition) is 1. The highest BCUT2D eigenvalue weighted by molar-refractivity contribution is 7.15. The fraction of sp³-hybridized carbons (Fsp3) is 0.464. The molecule has 8 heteroatoms. The third kappa shape index (κ3) is 10.4. The van der Waals surface area contributed by atoms with Gasteiger partial charge in [0.15, 0.2) is 0 Å². The summed E-state index contributed by atoms with van der Waals surface area (Å²) in [5.41, 5.74) is 3.70. The van der Waals surface area contributed by atoms with Crippen LogP contribution in [0.4, 0.5) is 0 Å². The molecule has 0 amide bonds. The van der Waals surface area contributed by atoms with Gasteiger partial charge in [0, 0.05) is 38.4 Å². The number of nitrogens with zero attached hydrogens (tertiary/aromatic N) is 3. The Bertz CT molecular complexity index is 1040. The lowest BCUT2D eigenvalue weighted by atomic mass is 10.1. The molecule has 1 saturated carbocycles. The molecule has 1 aliphatic carbocycles. The molecule has 2 aromatic rings. The van der Waals surface area contributed by atoms with E-state index in [4.69, 9.17) is 14.2 Å². The lowest BCUT2D eigenvalue weighted by molar-refractivity contribution is 0.180. The van der Waals surface area contributed by atoms with Crippen LogP contribution in [-0.2, 0) is 9.47 Å². The molecule has 7 nitrogen and oxygen atoms in total. The molecule has 1 N–H and O–H groups in total. The molecule has 1 aromatic heterocycles. The summed E-state index contributed by atoms with van der Waals surface area (Å²) in [6.45, 7) is 11.3. The Morgan fingerprint density at radius 3 is 2.47 bits per heavy atom. The van der Waals surface area contributed by atoms with Crippen LogP contribution < -0.4 is 10.1 Å². The largest absolute Gasteiger partial charge is 0.490 e. The predicted molar refractivity (Wildman–Crippen MR) is 147 cm³/mol. The average Bonchev–Trinajstić information content (AvgIpc) is 3.57. The number of nitrogens with one attached hydrogen (secondary N) is 1. The summed E-state index contributed by atoms with van der Waals surface area (Å²) in [6, 6.07) is 7.71. The van der Waals surface area contributed by atoms with E-state index < -0.39 is 0 Å². The number of allylic oxidation sites excluding steroid dienone is 5. The van der Waals surface area contributed by atoms with Crippen LogP contribution in [0.15, 0.2) is 48.6 Å². The van der Waals surface area contributed by atoms with Gasteiger partial charge in [-0.2, -0.15) is 5.26 Å². The molecule has 0 saturated heterocycles. The molecule has 0 radical (unpaired) electrons. The fourth-order valence-corrected chi connectivity index (χ4v) is 4.21. The molecular weight excluding hydrogens is 472 g/mol. The Kier molecular flexibility index (Phi) is 13.7. The van der Waals surface area contributed by atoms with Crippen molar-refractivity contribution in [1.29, 1.82) is 5.26 Å². The van der Waals surface area contributed by atoms with Crippen molar-refractivity contribution >= 4 is 16.9 Å². The molecule has 0 aliphatic heterocycles. The number of rotatable bonds is 12. The number of ether oxygens (including phenoxy) is 3. The highest BCUT2D eigenvalue weighted by Crippen LogP contribution is 2.31. The van der Waals surface area contributed by atoms with Gasteiger partial charge in [0.2, 0.25) is 0 Å². The van der Waals surface area contributed by atoms with Gasteiger partial charge in [-0.25, -0.2) is 0 Å². The van der Waals surface area contributed by atoms with Crippen molar-refractivity contribution in [3.05, 3.63) is 59.2 Å². The van der Waals surface area contributed by atoms with E-state index >= 15 is 0 Å². The standard InChI is InChI=1S/C22H23N3OS.C6H15NO2/c1-15(2)26-20-12-11-18(13-19(20)14-23)22-25-24-21(27-22)16(3)7-6-10-17-8-4-5-9-17;1-8-5-3-7-4-6-9-2/h6-7,10-13,15H,3-5,8-9H2,1-2H3;7H,3-6H2,1-2H3/b7-6-;. The molecule has 0 atom stereocenters. The van der Waals surface area contributed by atoms with Gasteiger partial charge in [-0.05, 0) is 57.7 Å². The Morgan fingerprint density at radius 2 is 1.86 bits per heavy atom. The van der Waals surface area contributed by atoms with Gasteiger partial charge in [-0.3, -0.25) is 0 Å². The molecule has 0 bridgehead atoms. The first kappa shape index (κ1) is 29.4. The highest BCUT2D eigenvalue weighted by atomic mass is 32.1. The molecule has 36 heavy (non-hydrogen) atoms. The van der Waals surface area contributed by atoms with Gasteiger partial charge in [0.1, 0.15) is 21.8 Å². The van der Waals surface area contributed by atoms with E-state index in [9.17, 15) is 5.26 Å². The second kappa shape index (κ2) is 16.8. The molecule has 194 valence electrons. The van der Waals surface area contributed by atoms with E-state index in [1.807, 2.05) is 32.1 Å². The van der Waals surface area contributed by atoms with Gasteiger partial charge in [-0.15, -0.1) is 10.2 Å². The monoisotopic (exact) mass is 510 g/mol. The zero-order chi connectivity index (χ0) is 26.2. The number of benzene rings is 1. The maximum absolute atomic E-state index is 9.39. The van der Waals surface area contributed by atoms with Crippen molar-refractivity contribution in [3.8, 4) is 22.4 Å². The molecule has 1 heterocycles. The molecule has 0 spiro atoms. The van der Waals surface area contributed by atoms with Gasteiger partial charge in [0.05, 0.1) is 24.9 Å². The topological polar surface area (TPSA) is 89.3 Å². The van der Waals surface area contributed by atoms with Gasteiger partial charge in [-0.1, -0.05) is 41.7 Å². The molecule has 1 aromatic carbocycles. The van der Waals surface area contributed by atoms with Gasteiger partial charge >= 0.3 is 0 Å². The predicted octanol–water partition coefficient (Wildman–Crippen LogP) is 5.80. The Hall–Kier alpha value is -2.83. The maximum atomic E-state index is 9.39. The summed E-state index contributed by atoms with van der Waals surface area (Å²) >= 11 is 1.47. The van der Waals surface area contributed by atoms with Crippen molar-refractivity contribution in [1.82, 2.24) is 15.5 Å². The van der Waals surface area contributed by atoms with Gasteiger partial charge in [0.25, 0.3) is 0 Å². The fourth-order valence-electron chi connectivity index (χ4n) is 3.42. The summed E-state index contributed by atoms with van der Waals surface area (Å²) in [5.74, 6) is 0.591. The second-order valence-electron chi connectivity index (χ2n) is 8.55. The summed E-state index contributed by atoms with van der Waals surface area (Å²) in [4.78, 5) is 0. The minimum Gasteiger partial charge on any atom is -0.490 e. The number of hydrogen-bond acceptors (Lipinski definition) is 8. The summed E-state index contributed by atoms with van der Waals surface area (Å²) in [5, 5.41) is 22.6. The summed E-state index contributed by atoms with van der Waals surface area (Å²) in [6.07, 6.45) is 11.2. The van der Waals surface area contributed by atoms with Crippen molar-refractivity contribution in [2.75, 3.05) is 40.5 Å². The van der Waals surface area contributed by atoms with Crippen molar-refractivity contribution in [3.63, 3.8) is 0 Å². The number of nitriles is 1. The average molecular weight is 511 g/mol. The smallest absolute Gasteiger partial charge is 0.148 e. The van der Waals surface area contributed by atoms with Crippen LogP contribution in [-0.4, -0.2) is 56.8 Å². The lowest BCUT2D eigenvalue weighted by Gasteiger charge is -2.11. The first-order valence-corrected chi connectivity index (χ1v) is 13.1. The SMILES string of the molecule is C=C(/C=C\C=C1CCCC1)c1nnc(-c2ccc(OC(C)C)c(C#N)c2)s1.COCCNCCOC. The molecule has 0 unspecified atom stereocenters. The molecule has 3 rings (SSSR count). The number of aromatic nitrogens is 2. The van der Waals surface area contributed by atoms with Crippen LogP contribution >= 0.6 is 11.3 Å². The summed E-state index contributed by atoms with van der Waals surface area (Å²) < 4.78 is 15.3. The Morgan fingerprint density at radius 1 is 1.17 bits per heavy atom. The minimum absolute atomic E-state index is 0.0189. The summed E-state index contributed by atoms with van der Waals surface area (Å²) in [7, 11) is 3.38. The second-order valence-corrected chi connectivity index (χ2v) is 9.53. The zero-order valence-corrected chi connectivity index (χ0v) is 22.7. The third-order valence-electron chi connectivity index (χ3n) is 5.25. The third-order valence-corrected chi connectivity index (χ3v) is 6.30. The molecule has 1 aliphatic rings. The Balaban J connectivity index is 0.000000434. The first-order chi connectivity index (χ1) is 17.5. The normalized spacial score (nSPS) is 12.9. The van der Waals surface area contributed by atoms with Crippen molar-refractivity contribution < 1.29 is 14.2 Å². The van der Waals surface area contributed by atoms with E-state index in [-0.39, 0.29) is 6.10 Å². The van der Waals surface area contributed by atoms with Crippen LogP contribution in [0, 0.1) is 11.3 Å². The first-order valence-electron chi connectivity index (χ1n) is 12.3. The highest BCUT2D eigenvalue weighted by Gasteiger charge is 2.12. The van der Waals surface area contributed by atoms with E-state index in [1.54, 1.807) is 20.3 Å². The van der Waals surface area contributed by atoms with Crippen molar-refractivity contribution in [2.24, 2.45) is 0 Å². The van der Waals surface area contributed by atoms with Crippen molar-refractivity contribution in [2.45, 2.75) is 45.6 Å². The molecule has 1 fully saturated rings. The van der Waals surface area contributed by atoms with E-state index in [0.717, 1.165) is 47.5 Å². The van der Waals surface area contributed by atoms with Crippen LogP contribution in [0.5, 0.6) is 5.75 Å². The van der Waals surface area contributed by atoms with E-state index in [2.05, 4.69) is 40.3 Å².